The lowest BCUT2D eigenvalue weighted by atomic mass is 10.0. The topological polar surface area (TPSA) is 39.1 Å². The van der Waals surface area contributed by atoms with E-state index in [1.165, 1.54) is 19.3 Å². The summed E-state index contributed by atoms with van der Waals surface area (Å²) in [5.41, 5.74) is 0. The normalized spacial score (nSPS) is 14.6. The largest absolute Gasteiger partial charge is 0.383 e. The maximum atomic E-state index is 5.14. The summed E-state index contributed by atoms with van der Waals surface area (Å²) >= 11 is 0. The van der Waals surface area contributed by atoms with Gasteiger partial charge in [0.2, 0.25) is 5.95 Å². The molecule has 0 amide bonds. The number of anilines is 1. The fourth-order valence-corrected chi connectivity index (χ4v) is 2.25. The summed E-state index contributed by atoms with van der Waals surface area (Å²) in [7, 11) is 1.72. The molecule has 19 heavy (non-hydrogen) atoms. The van der Waals surface area contributed by atoms with Crippen molar-refractivity contribution in [2.75, 3.05) is 19.0 Å². The highest BCUT2D eigenvalue weighted by molar-refractivity contribution is 5.28. The number of hydrogen-bond acceptors (Lipinski definition) is 3. The predicted molar refractivity (Wildman–Crippen MR) is 80.6 cm³/mol. The Balaban J connectivity index is 2.50. The van der Waals surface area contributed by atoms with Crippen LogP contribution in [0.4, 0.5) is 5.95 Å². The van der Waals surface area contributed by atoms with Gasteiger partial charge in [0, 0.05) is 31.6 Å². The van der Waals surface area contributed by atoms with Gasteiger partial charge >= 0.3 is 0 Å². The number of rotatable bonds is 9. The van der Waals surface area contributed by atoms with Crippen LogP contribution in [0.3, 0.4) is 0 Å². The highest BCUT2D eigenvalue weighted by atomic mass is 16.5. The summed E-state index contributed by atoms with van der Waals surface area (Å²) in [5, 5.41) is 3.40. The number of nitrogens with zero attached hydrogens (tertiary/aromatic N) is 2. The van der Waals surface area contributed by atoms with Crippen LogP contribution in [0.15, 0.2) is 12.4 Å². The summed E-state index contributed by atoms with van der Waals surface area (Å²) in [6, 6.07) is 0.757. The Kier molecular flexibility index (Phi) is 6.92. The van der Waals surface area contributed by atoms with Crippen molar-refractivity contribution in [3.8, 4) is 0 Å². The third-order valence-electron chi connectivity index (χ3n) is 3.34. The van der Waals surface area contributed by atoms with E-state index in [1.807, 2.05) is 6.20 Å². The van der Waals surface area contributed by atoms with E-state index in [2.05, 4.69) is 48.8 Å². The first kappa shape index (κ1) is 16.0. The molecule has 2 atom stereocenters. The van der Waals surface area contributed by atoms with E-state index in [1.54, 1.807) is 7.11 Å². The molecule has 0 aliphatic rings. The van der Waals surface area contributed by atoms with Gasteiger partial charge in [0.25, 0.3) is 0 Å². The molecule has 4 heteroatoms. The van der Waals surface area contributed by atoms with Gasteiger partial charge in [-0.15, -0.1) is 0 Å². The summed E-state index contributed by atoms with van der Waals surface area (Å²) in [6.45, 7) is 9.61. The maximum Gasteiger partial charge on any atom is 0.203 e. The van der Waals surface area contributed by atoms with Crippen molar-refractivity contribution in [1.82, 2.24) is 9.55 Å². The molecule has 110 valence electrons. The molecule has 1 aromatic rings. The van der Waals surface area contributed by atoms with Gasteiger partial charge in [0.05, 0.1) is 6.61 Å². The molecule has 1 N–H and O–H groups in total. The molecule has 2 unspecified atom stereocenters. The first-order valence-corrected chi connectivity index (χ1v) is 7.32. The smallest absolute Gasteiger partial charge is 0.203 e. The Morgan fingerprint density at radius 3 is 2.63 bits per heavy atom. The number of ether oxygens (including phenoxy) is 1. The monoisotopic (exact) mass is 267 g/mol. The van der Waals surface area contributed by atoms with Crippen molar-refractivity contribution in [2.24, 2.45) is 5.92 Å². The minimum Gasteiger partial charge on any atom is -0.383 e. The first-order valence-electron chi connectivity index (χ1n) is 7.32. The second-order valence-electron chi connectivity index (χ2n) is 5.83. The van der Waals surface area contributed by atoms with Gasteiger partial charge in [-0.25, -0.2) is 4.98 Å². The van der Waals surface area contributed by atoms with Crippen LogP contribution in [0.5, 0.6) is 0 Å². The minimum absolute atomic E-state index is 0.272. The van der Waals surface area contributed by atoms with Crippen LogP contribution in [-0.2, 0) is 4.74 Å². The molecule has 0 aliphatic heterocycles. The van der Waals surface area contributed by atoms with Gasteiger partial charge in [-0.1, -0.05) is 26.7 Å². The molecule has 1 rings (SSSR count). The second kappa shape index (κ2) is 8.20. The number of aromatic nitrogens is 2. The summed E-state index contributed by atoms with van der Waals surface area (Å²) < 4.78 is 7.37. The molecule has 1 aromatic heterocycles. The zero-order valence-electron chi connectivity index (χ0n) is 13.0. The zero-order chi connectivity index (χ0) is 14.3. The second-order valence-corrected chi connectivity index (χ2v) is 5.83. The van der Waals surface area contributed by atoms with E-state index < -0.39 is 0 Å². The number of hydrogen-bond donors (Lipinski definition) is 1. The summed E-state index contributed by atoms with van der Waals surface area (Å²) in [5.74, 6) is 1.73. The average molecular weight is 267 g/mol. The van der Waals surface area contributed by atoms with Crippen LogP contribution >= 0.6 is 0 Å². The van der Waals surface area contributed by atoms with Crippen molar-refractivity contribution in [3.63, 3.8) is 0 Å². The van der Waals surface area contributed by atoms with Crippen molar-refractivity contribution in [2.45, 2.75) is 59.0 Å². The molecule has 0 aromatic carbocycles. The fraction of sp³-hybridized carbons (Fsp3) is 0.800. The highest BCUT2D eigenvalue weighted by Gasteiger charge is 2.12. The Morgan fingerprint density at radius 2 is 2.00 bits per heavy atom. The maximum absolute atomic E-state index is 5.14. The van der Waals surface area contributed by atoms with E-state index in [-0.39, 0.29) is 6.04 Å². The molecule has 0 aliphatic carbocycles. The Morgan fingerprint density at radius 1 is 1.26 bits per heavy atom. The molecule has 0 saturated carbocycles. The number of imidazole rings is 1. The number of nitrogens with one attached hydrogen (secondary N) is 1. The van der Waals surface area contributed by atoms with Crippen molar-refractivity contribution in [1.29, 1.82) is 0 Å². The van der Waals surface area contributed by atoms with Crippen molar-refractivity contribution < 1.29 is 4.74 Å². The molecular weight excluding hydrogens is 238 g/mol. The van der Waals surface area contributed by atoms with Gasteiger partial charge in [-0.3, -0.25) is 0 Å². The van der Waals surface area contributed by atoms with Crippen LogP contribution in [0.2, 0.25) is 0 Å². The van der Waals surface area contributed by atoms with Crippen molar-refractivity contribution in [3.05, 3.63) is 12.4 Å². The molecule has 1 heterocycles. The van der Waals surface area contributed by atoms with E-state index in [9.17, 15) is 0 Å². The van der Waals surface area contributed by atoms with Gasteiger partial charge in [0.15, 0.2) is 0 Å². The molecule has 0 bridgehead atoms. The van der Waals surface area contributed by atoms with E-state index >= 15 is 0 Å². The first-order chi connectivity index (χ1) is 9.04. The van der Waals surface area contributed by atoms with Crippen LogP contribution < -0.4 is 5.32 Å². The molecule has 0 saturated heterocycles. The zero-order valence-corrected chi connectivity index (χ0v) is 13.0. The Bertz CT molecular complexity index is 349. The Hall–Kier alpha value is -1.03. The van der Waals surface area contributed by atoms with Gasteiger partial charge in [-0.2, -0.15) is 0 Å². The third-order valence-corrected chi connectivity index (χ3v) is 3.34. The highest BCUT2D eigenvalue weighted by Crippen LogP contribution is 2.21. The average Bonchev–Trinajstić information content (AvgIpc) is 2.76. The SMILES string of the molecule is COCC(C)Nc1nccn1C(C)CCCC(C)C. The standard InChI is InChI=1S/C15H29N3O/c1-12(2)7-6-8-14(4)18-10-9-16-15(18)17-13(3)11-19-5/h9-10,12-14H,6-8,11H2,1-5H3,(H,16,17). The summed E-state index contributed by atoms with van der Waals surface area (Å²) in [6.07, 6.45) is 7.68. The lowest BCUT2D eigenvalue weighted by molar-refractivity contribution is 0.190. The quantitative estimate of drug-likeness (QED) is 0.741. The van der Waals surface area contributed by atoms with E-state index in [0.717, 1.165) is 11.9 Å². The predicted octanol–water partition coefficient (Wildman–Crippen LogP) is 3.72. The van der Waals surface area contributed by atoms with Crippen LogP contribution in [0, 0.1) is 5.92 Å². The summed E-state index contributed by atoms with van der Waals surface area (Å²) in [4.78, 5) is 4.40. The van der Waals surface area contributed by atoms with E-state index in [4.69, 9.17) is 4.74 Å². The van der Waals surface area contributed by atoms with Gasteiger partial charge in [0.1, 0.15) is 0 Å². The van der Waals surface area contributed by atoms with Gasteiger partial charge in [-0.05, 0) is 26.2 Å². The van der Waals surface area contributed by atoms with Crippen molar-refractivity contribution >= 4 is 5.95 Å². The lowest BCUT2D eigenvalue weighted by Gasteiger charge is -2.20. The Labute approximate surface area is 117 Å². The number of methoxy groups -OCH3 is 1. The van der Waals surface area contributed by atoms with Gasteiger partial charge < -0.3 is 14.6 Å². The fourth-order valence-electron chi connectivity index (χ4n) is 2.25. The molecule has 4 nitrogen and oxygen atoms in total. The molecule has 0 fully saturated rings. The minimum atomic E-state index is 0.272. The van der Waals surface area contributed by atoms with Crippen LogP contribution in [-0.4, -0.2) is 29.3 Å². The van der Waals surface area contributed by atoms with Crippen LogP contribution in [0.25, 0.3) is 0 Å². The lowest BCUT2D eigenvalue weighted by Crippen LogP contribution is -2.23. The van der Waals surface area contributed by atoms with Crippen LogP contribution in [0.1, 0.15) is 53.0 Å². The third kappa shape index (κ3) is 5.64. The molecular formula is C15H29N3O. The van der Waals surface area contributed by atoms with E-state index in [0.29, 0.717) is 12.6 Å². The molecule has 0 spiro atoms. The molecule has 0 radical (unpaired) electrons.